The van der Waals surface area contributed by atoms with E-state index in [4.69, 9.17) is 5.73 Å². The van der Waals surface area contributed by atoms with E-state index in [1.807, 2.05) is 6.92 Å². The molecule has 0 fully saturated rings. The lowest BCUT2D eigenvalue weighted by atomic mass is 10.0. The lowest BCUT2D eigenvalue weighted by Crippen LogP contribution is -2.28. The van der Waals surface area contributed by atoms with Crippen molar-refractivity contribution in [3.63, 3.8) is 0 Å². The van der Waals surface area contributed by atoms with Crippen molar-refractivity contribution in [2.45, 2.75) is 37.5 Å². The number of hydrogen-bond donors (Lipinski definition) is 1. The van der Waals surface area contributed by atoms with Crippen molar-refractivity contribution in [3.8, 4) is 0 Å². The van der Waals surface area contributed by atoms with Crippen LogP contribution in [0, 0.1) is 21.8 Å². The summed E-state index contributed by atoms with van der Waals surface area (Å²) in [5.74, 6) is -1.43. The zero-order chi connectivity index (χ0) is 20.7. The van der Waals surface area contributed by atoms with Crippen LogP contribution in [-0.4, -0.2) is 20.8 Å². The number of benzene rings is 2. The van der Waals surface area contributed by atoms with Crippen LogP contribution in [0.1, 0.15) is 37.3 Å². The maximum Gasteiger partial charge on any atom is 0.269 e. The minimum absolute atomic E-state index is 0.0649. The summed E-state index contributed by atoms with van der Waals surface area (Å²) in [6.45, 7) is 1.99. The quantitative estimate of drug-likeness (QED) is 0.480. The monoisotopic (exact) mass is 406 g/mol. The molecule has 2 rings (SSSR count). The van der Waals surface area contributed by atoms with Crippen molar-refractivity contribution in [1.29, 1.82) is 0 Å². The van der Waals surface area contributed by atoms with E-state index >= 15 is 0 Å². The number of rotatable bonds is 10. The van der Waals surface area contributed by atoms with Gasteiger partial charge in [0.2, 0.25) is 5.91 Å². The van der Waals surface area contributed by atoms with Gasteiger partial charge in [-0.1, -0.05) is 31.9 Å². The van der Waals surface area contributed by atoms with Gasteiger partial charge in [0, 0.05) is 28.7 Å². The first-order valence-corrected chi connectivity index (χ1v) is 10.3. The molecule has 0 bridgehead atoms. The molecule has 0 spiro atoms. The molecule has 2 aromatic rings. The molecule has 0 aliphatic carbocycles. The zero-order valence-electron chi connectivity index (χ0n) is 15.6. The third kappa shape index (κ3) is 5.95. The van der Waals surface area contributed by atoms with Gasteiger partial charge in [-0.25, -0.2) is 4.39 Å². The number of halogens is 1. The Morgan fingerprint density at radius 2 is 2.04 bits per heavy atom. The Bertz CT molecular complexity index is 888. The number of unbranched alkanes of at least 4 members (excludes halogenated alkanes) is 1. The highest BCUT2D eigenvalue weighted by Gasteiger charge is 2.21. The number of carbonyl (C=O) groups excluding carboxylic acids is 1. The fourth-order valence-electron chi connectivity index (χ4n) is 2.94. The molecule has 2 aromatic carbocycles. The van der Waals surface area contributed by atoms with Crippen molar-refractivity contribution in [3.05, 3.63) is 69.5 Å². The number of hydrogen-bond acceptors (Lipinski definition) is 4. The molecule has 8 heteroatoms. The maximum absolute atomic E-state index is 13.8. The molecule has 0 radical (unpaired) electrons. The minimum atomic E-state index is -1.55. The summed E-state index contributed by atoms with van der Waals surface area (Å²) in [6.07, 6.45) is 2.44. The average molecular weight is 406 g/mol. The number of primary amides is 1. The van der Waals surface area contributed by atoms with Crippen molar-refractivity contribution in [1.82, 2.24) is 0 Å². The molecule has 0 aliphatic heterocycles. The van der Waals surface area contributed by atoms with E-state index in [1.54, 1.807) is 12.1 Å². The highest BCUT2D eigenvalue weighted by Crippen LogP contribution is 2.23. The van der Waals surface area contributed by atoms with Gasteiger partial charge in [0.15, 0.2) is 0 Å². The Kier molecular flexibility index (Phi) is 7.80. The lowest BCUT2D eigenvalue weighted by Gasteiger charge is -2.15. The van der Waals surface area contributed by atoms with Gasteiger partial charge in [-0.15, -0.1) is 0 Å². The van der Waals surface area contributed by atoms with E-state index in [2.05, 4.69) is 0 Å². The van der Waals surface area contributed by atoms with E-state index in [1.165, 1.54) is 30.3 Å². The van der Waals surface area contributed by atoms with Gasteiger partial charge in [-0.05, 0) is 42.2 Å². The molecule has 150 valence electrons. The summed E-state index contributed by atoms with van der Waals surface area (Å²) < 4.78 is 26.7. The molecule has 0 aromatic heterocycles. The Morgan fingerprint density at radius 1 is 1.29 bits per heavy atom. The fourth-order valence-corrected chi connectivity index (χ4v) is 4.46. The number of amides is 1. The number of carbonyl (C=O) groups is 1. The smallest absolute Gasteiger partial charge is 0.269 e. The molecule has 28 heavy (non-hydrogen) atoms. The maximum atomic E-state index is 13.8. The molecular formula is C20H23FN2O4S. The van der Waals surface area contributed by atoms with Crippen LogP contribution in [0.25, 0.3) is 0 Å². The highest BCUT2D eigenvalue weighted by atomic mass is 32.2. The van der Waals surface area contributed by atoms with Crippen LogP contribution in [0.3, 0.4) is 0 Å². The summed E-state index contributed by atoms with van der Waals surface area (Å²) in [6, 6.07) is 9.96. The number of nitro groups is 1. The summed E-state index contributed by atoms with van der Waals surface area (Å²) in [5, 5.41) is 11.0. The Labute approximate surface area is 165 Å². The third-order valence-electron chi connectivity index (χ3n) is 4.44. The minimum Gasteiger partial charge on any atom is -0.369 e. The van der Waals surface area contributed by atoms with Crippen LogP contribution in [0.4, 0.5) is 10.1 Å². The second-order valence-electron chi connectivity index (χ2n) is 6.61. The van der Waals surface area contributed by atoms with Gasteiger partial charge in [0.05, 0.1) is 15.7 Å². The van der Waals surface area contributed by atoms with E-state index < -0.39 is 33.4 Å². The van der Waals surface area contributed by atoms with E-state index in [0.717, 1.165) is 12.8 Å². The molecule has 2 N–H and O–H groups in total. The molecular weight excluding hydrogens is 383 g/mol. The van der Waals surface area contributed by atoms with Crippen LogP contribution in [0.15, 0.2) is 47.4 Å². The second kappa shape index (κ2) is 10.1. The van der Waals surface area contributed by atoms with Crippen molar-refractivity contribution >= 4 is 22.4 Å². The van der Waals surface area contributed by atoms with Crippen LogP contribution >= 0.6 is 0 Å². The number of nitrogens with zero attached hydrogens (tertiary/aromatic N) is 1. The van der Waals surface area contributed by atoms with Crippen LogP contribution in [-0.2, 0) is 22.0 Å². The van der Waals surface area contributed by atoms with E-state index in [9.17, 15) is 23.5 Å². The second-order valence-corrected chi connectivity index (χ2v) is 8.07. The van der Waals surface area contributed by atoms with E-state index in [-0.39, 0.29) is 17.9 Å². The van der Waals surface area contributed by atoms with Gasteiger partial charge >= 0.3 is 0 Å². The Morgan fingerprint density at radius 3 is 2.68 bits per heavy atom. The highest BCUT2D eigenvalue weighted by molar-refractivity contribution is 7.85. The number of non-ortho nitro benzene ring substituents is 1. The van der Waals surface area contributed by atoms with Gasteiger partial charge in [-0.3, -0.25) is 19.1 Å². The molecule has 2 atom stereocenters. The van der Waals surface area contributed by atoms with Crippen LogP contribution in [0.2, 0.25) is 0 Å². The predicted octanol–water partition coefficient (Wildman–Crippen LogP) is 3.72. The fraction of sp³-hybridized carbons (Fsp3) is 0.350. The van der Waals surface area contributed by atoms with Gasteiger partial charge in [-0.2, -0.15) is 0 Å². The summed E-state index contributed by atoms with van der Waals surface area (Å²) >= 11 is 0. The molecule has 1 amide bonds. The van der Waals surface area contributed by atoms with Gasteiger partial charge in [0.1, 0.15) is 5.82 Å². The van der Waals surface area contributed by atoms with Crippen LogP contribution in [0.5, 0.6) is 0 Å². The van der Waals surface area contributed by atoms with Crippen molar-refractivity contribution in [2.24, 2.45) is 11.7 Å². The standard InChI is InChI=1S/C20H23FN2O4S/c1-2-3-6-15(20(22)24)13-28(27)19-9-8-17(21)12-16(19)10-14-5-4-7-18(11-14)23(25)26/h4-5,7-9,11-12,15H,2-3,6,10,13H2,1H3,(H2,22,24). The first-order chi connectivity index (χ1) is 13.3. The molecule has 0 aliphatic rings. The average Bonchev–Trinajstić information content (AvgIpc) is 2.65. The third-order valence-corrected chi connectivity index (χ3v) is 6.04. The lowest BCUT2D eigenvalue weighted by molar-refractivity contribution is -0.384. The number of nitro benzene ring substituents is 1. The van der Waals surface area contributed by atoms with Crippen molar-refractivity contribution < 1.29 is 18.3 Å². The molecule has 0 saturated carbocycles. The summed E-state index contributed by atoms with van der Waals surface area (Å²) in [7, 11) is -1.55. The van der Waals surface area contributed by atoms with Crippen LogP contribution < -0.4 is 5.73 Å². The van der Waals surface area contributed by atoms with Crippen molar-refractivity contribution in [2.75, 3.05) is 5.75 Å². The predicted molar refractivity (Wildman–Crippen MR) is 106 cm³/mol. The summed E-state index contributed by atoms with van der Waals surface area (Å²) in [4.78, 5) is 22.5. The largest absolute Gasteiger partial charge is 0.369 e. The van der Waals surface area contributed by atoms with Gasteiger partial charge in [0.25, 0.3) is 5.69 Å². The topological polar surface area (TPSA) is 103 Å². The molecule has 0 saturated heterocycles. The van der Waals surface area contributed by atoms with E-state index in [0.29, 0.717) is 22.4 Å². The molecule has 0 heterocycles. The SMILES string of the molecule is CCCCC(CS(=O)c1ccc(F)cc1Cc1cccc([N+](=O)[O-])c1)C(N)=O. The normalized spacial score (nSPS) is 13.1. The molecule has 2 unspecified atom stereocenters. The Balaban J connectivity index is 2.28. The number of nitrogens with two attached hydrogens (primary N) is 1. The zero-order valence-corrected chi connectivity index (χ0v) is 16.4. The van der Waals surface area contributed by atoms with Gasteiger partial charge < -0.3 is 5.73 Å². The summed E-state index contributed by atoms with van der Waals surface area (Å²) in [5.41, 5.74) is 6.45. The first-order valence-electron chi connectivity index (χ1n) is 9.01. The first kappa shape index (κ1) is 21.7. The molecule has 6 nitrogen and oxygen atoms in total. The Hall–Kier alpha value is -2.61.